The van der Waals surface area contributed by atoms with Crippen LogP contribution in [0.25, 0.3) is 0 Å². The van der Waals surface area contributed by atoms with Gasteiger partial charge in [-0.3, -0.25) is 14.2 Å². The summed E-state index contributed by atoms with van der Waals surface area (Å²) in [6, 6.07) is -0.928. The number of unbranched alkanes of at least 4 members (excludes halogenated alkanes) is 20. The highest BCUT2D eigenvalue weighted by atomic mass is 31.2. The molecule has 1 amide bonds. The summed E-state index contributed by atoms with van der Waals surface area (Å²) in [5.74, 6) is -0.651. The number of amides is 1. The molecule has 0 bridgehead atoms. The summed E-state index contributed by atoms with van der Waals surface area (Å²) >= 11 is 0. The van der Waals surface area contributed by atoms with Gasteiger partial charge in [-0.15, -0.1) is 0 Å². The number of nitrogens with one attached hydrogen (secondary N) is 1. The van der Waals surface area contributed by atoms with Gasteiger partial charge in [-0.25, -0.2) is 0 Å². The molecule has 3 atom stereocenters. The van der Waals surface area contributed by atoms with E-state index >= 15 is 0 Å². The molecule has 9 nitrogen and oxygen atoms in total. The summed E-state index contributed by atoms with van der Waals surface area (Å²) in [5.41, 5.74) is 0. The molecule has 0 aliphatic heterocycles. The number of phosphoric ester groups is 1. The minimum Gasteiger partial charge on any atom is -0.756 e. The van der Waals surface area contributed by atoms with Gasteiger partial charge in [0.1, 0.15) is 19.3 Å². The van der Waals surface area contributed by atoms with E-state index in [1.807, 2.05) is 33.3 Å². The van der Waals surface area contributed by atoms with Crippen molar-refractivity contribution >= 4 is 19.7 Å². The molecule has 376 valence electrons. The molecule has 10 heteroatoms. The number of rotatable bonds is 46. The number of likely N-dealkylation sites (N-methyl/N-ethyl adjacent to an activating group) is 1. The van der Waals surface area contributed by atoms with Gasteiger partial charge >= 0.3 is 5.97 Å². The third kappa shape index (κ3) is 46.4. The molecule has 3 unspecified atom stereocenters. The Labute approximate surface area is 400 Å². The molecule has 0 spiro atoms. The first-order chi connectivity index (χ1) is 31.4. The van der Waals surface area contributed by atoms with Gasteiger partial charge in [0, 0.05) is 12.8 Å². The molecule has 0 radical (unpaired) electrons. The van der Waals surface area contributed by atoms with E-state index in [1.54, 1.807) is 6.08 Å². The molecule has 0 aromatic rings. The summed E-state index contributed by atoms with van der Waals surface area (Å²) in [6.45, 7) is 6.63. The topological polar surface area (TPSA) is 114 Å². The summed E-state index contributed by atoms with van der Waals surface area (Å²) in [5, 5.41) is 2.96. The van der Waals surface area contributed by atoms with Gasteiger partial charge < -0.3 is 28.5 Å². The van der Waals surface area contributed by atoms with Crippen molar-refractivity contribution in [2.24, 2.45) is 0 Å². The minimum absolute atomic E-state index is 0.0378. The fourth-order valence-corrected chi connectivity index (χ4v) is 7.78. The second-order valence-corrected chi connectivity index (χ2v) is 20.0. The first-order valence-corrected chi connectivity index (χ1v) is 27.7. The first-order valence-electron chi connectivity index (χ1n) is 26.2. The third-order valence-electron chi connectivity index (χ3n) is 11.1. The van der Waals surface area contributed by atoms with Crippen molar-refractivity contribution in [3.63, 3.8) is 0 Å². The van der Waals surface area contributed by atoms with Gasteiger partial charge in [0.25, 0.3) is 7.82 Å². The van der Waals surface area contributed by atoms with E-state index in [0.29, 0.717) is 23.9 Å². The molecule has 65 heavy (non-hydrogen) atoms. The Kier molecular flexibility index (Phi) is 43.5. The average Bonchev–Trinajstić information content (AvgIpc) is 3.26. The van der Waals surface area contributed by atoms with Crippen molar-refractivity contribution in [1.82, 2.24) is 5.32 Å². The number of quaternary nitrogens is 1. The molecule has 0 aliphatic rings. The number of hydrogen-bond acceptors (Lipinski definition) is 7. The average molecular weight is 931 g/mol. The normalized spacial score (nSPS) is 14.5. The Morgan fingerprint density at radius 1 is 0.554 bits per heavy atom. The molecule has 0 fully saturated rings. The SMILES string of the molecule is CC/C=C/C/C=C/C/C=C/CCCCCCC(=O)OC(/C=C/CCCCCCCCCCCC)C(COP(=O)([O-])OCC[N+](C)(C)C)NC(=O)CC/C=C/C/C=C\CCCCCCCC. The van der Waals surface area contributed by atoms with Gasteiger partial charge in [-0.1, -0.05) is 190 Å². The van der Waals surface area contributed by atoms with Crippen LogP contribution in [0.5, 0.6) is 0 Å². The lowest BCUT2D eigenvalue weighted by Gasteiger charge is -2.30. The highest BCUT2D eigenvalue weighted by Gasteiger charge is 2.27. The number of esters is 1. The molecule has 0 saturated heterocycles. The molecular formula is C55H99N2O7P. The second-order valence-electron chi connectivity index (χ2n) is 18.6. The molecule has 1 N–H and O–H groups in total. The monoisotopic (exact) mass is 931 g/mol. The van der Waals surface area contributed by atoms with Crippen LogP contribution in [0.15, 0.2) is 72.9 Å². The third-order valence-corrected chi connectivity index (χ3v) is 12.1. The Bertz CT molecular complexity index is 1350. The van der Waals surface area contributed by atoms with Crippen LogP contribution in [0, 0.1) is 0 Å². The molecular weight excluding hydrogens is 832 g/mol. The second kappa shape index (κ2) is 45.2. The fraction of sp³-hybridized carbons (Fsp3) is 0.745. The number of carbonyl (C=O) groups excluding carboxylic acids is 2. The molecule has 0 aromatic carbocycles. The number of allylic oxidation sites excluding steroid dienone is 11. The molecule has 0 rings (SSSR count). The summed E-state index contributed by atoms with van der Waals surface area (Å²) in [4.78, 5) is 39.6. The van der Waals surface area contributed by atoms with Crippen molar-refractivity contribution in [3.05, 3.63) is 72.9 Å². The lowest BCUT2D eigenvalue weighted by molar-refractivity contribution is -0.870. The standard InChI is InChI=1S/C55H99N2O7P/c1-7-10-13-16-19-22-25-28-30-33-36-39-42-45-48-55(59)64-53(46-43-40-37-34-31-27-24-21-18-15-12-9-3)52(51-63-65(60,61)62-50-49-57(4,5)6)56-54(58)47-44-41-38-35-32-29-26-23-20-17-14-11-8-2/h10,13,19,22,28-30,32,38,41,43,46,52-53H,7-9,11-12,14-18,20-21,23-27,31,33-37,39-40,42,44-45,47-51H2,1-6H3,(H-,56,58,60,61)/b13-10+,22-19+,30-28+,32-29-,41-38+,46-43+. The Morgan fingerprint density at radius 3 is 1.51 bits per heavy atom. The number of ether oxygens (including phenoxy) is 1. The summed E-state index contributed by atoms with van der Waals surface area (Å²) in [7, 11) is 1.13. The summed E-state index contributed by atoms with van der Waals surface area (Å²) in [6.07, 6.45) is 56.0. The molecule has 0 aliphatic carbocycles. The molecule has 0 saturated carbocycles. The Balaban J connectivity index is 5.55. The van der Waals surface area contributed by atoms with Crippen LogP contribution in [-0.2, 0) is 27.9 Å². The van der Waals surface area contributed by atoms with Gasteiger partial charge in [-0.2, -0.15) is 0 Å². The van der Waals surface area contributed by atoms with Crippen LogP contribution in [0.3, 0.4) is 0 Å². The molecule has 0 aromatic heterocycles. The van der Waals surface area contributed by atoms with Crippen molar-refractivity contribution in [3.8, 4) is 0 Å². The van der Waals surface area contributed by atoms with Crippen LogP contribution in [0.2, 0.25) is 0 Å². The van der Waals surface area contributed by atoms with E-state index in [1.165, 1.54) is 89.9 Å². The van der Waals surface area contributed by atoms with E-state index in [9.17, 15) is 19.0 Å². The lowest BCUT2D eigenvalue weighted by atomic mass is 10.1. The van der Waals surface area contributed by atoms with Crippen LogP contribution in [0.4, 0.5) is 0 Å². The van der Waals surface area contributed by atoms with E-state index < -0.39 is 26.6 Å². The van der Waals surface area contributed by atoms with E-state index in [-0.39, 0.29) is 31.3 Å². The minimum atomic E-state index is -4.71. The predicted octanol–water partition coefficient (Wildman–Crippen LogP) is 14.7. The number of hydrogen-bond donors (Lipinski definition) is 1. The maximum atomic E-state index is 13.4. The van der Waals surface area contributed by atoms with Crippen molar-refractivity contribution < 1.29 is 37.3 Å². The zero-order chi connectivity index (χ0) is 48.0. The smallest absolute Gasteiger partial charge is 0.306 e. The van der Waals surface area contributed by atoms with Crippen LogP contribution in [0.1, 0.15) is 213 Å². The Hall–Kier alpha value is -2.55. The fourth-order valence-electron chi connectivity index (χ4n) is 7.05. The van der Waals surface area contributed by atoms with Gasteiger partial charge in [0.15, 0.2) is 0 Å². The molecule has 0 heterocycles. The van der Waals surface area contributed by atoms with Crippen LogP contribution < -0.4 is 10.2 Å². The van der Waals surface area contributed by atoms with Crippen LogP contribution >= 0.6 is 7.82 Å². The maximum Gasteiger partial charge on any atom is 0.306 e. The van der Waals surface area contributed by atoms with Crippen LogP contribution in [-0.4, -0.2) is 69.4 Å². The van der Waals surface area contributed by atoms with Crippen molar-refractivity contribution in [2.75, 3.05) is 40.9 Å². The van der Waals surface area contributed by atoms with Gasteiger partial charge in [0.05, 0.1) is 33.8 Å². The highest BCUT2D eigenvalue weighted by molar-refractivity contribution is 7.45. The maximum absolute atomic E-state index is 13.4. The summed E-state index contributed by atoms with van der Waals surface area (Å²) < 4.78 is 30.0. The van der Waals surface area contributed by atoms with E-state index in [2.05, 4.69) is 80.8 Å². The van der Waals surface area contributed by atoms with Crippen molar-refractivity contribution in [1.29, 1.82) is 0 Å². The lowest BCUT2D eigenvalue weighted by Crippen LogP contribution is -2.47. The van der Waals surface area contributed by atoms with Gasteiger partial charge in [0.2, 0.25) is 5.91 Å². The quantitative estimate of drug-likeness (QED) is 0.0213. The number of carbonyl (C=O) groups is 2. The first kappa shape index (κ1) is 62.4. The largest absolute Gasteiger partial charge is 0.756 e. The van der Waals surface area contributed by atoms with Gasteiger partial charge in [-0.05, 0) is 83.1 Å². The Morgan fingerprint density at radius 2 is 1.00 bits per heavy atom. The number of nitrogens with zero attached hydrogens (tertiary/aromatic N) is 1. The van der Waals surface area contributed by atoms with E-state index in [0.717, 1.165) is 77.0 Å². The zero-order valence-electron chi connectivity index (χ0n) is 42.7. The van der Waals surface area contributed by atoms with Crippen molar-refractivity contribution in [2.45, 2.75) is 226 Å². The van der Waals surface area contributed by atoms with E-state index in [4.69, 9.17) is 13.8 Å². The predicted molar refractivity (Wildman–Crippen MR) is 275 cm³/mol. The number of phosphoric acid groups is 1. The zero-order valence-corrected chi connectivity index (χ0v) is 43.6. The highest BCUT2D eigenvalue weighted by Crippen LogP contribution is 2.38.